The Hall–Kier alpha value is -2.95. The maximum absolute atomic E-state index is 13.1. The lowest BCUT2D eigenvalue weighted by molar-refractivity contribution is -0.142. The number of aromatic nitrogens is 2. The molecule has 1 aromatic heterocycles. The minimum atomic E-state index is -1.18. The van der Waals surface area contributed by atoms with Crippen molar-refractivity contribution < 1.29 is 24.3 Å². The molecule has 0 saturated heterocycles. The SMILES string of the molecule is CCC(C)C(NC(=O)C(Cc1cnc[nH]1)NC(=O)C(N)CC(C)C)C(=O)NC(C)C(=O)O. The summed E-state index contributed by atoms with van der Waals surface area (Å²) in [5.74, 6) is -2.91. The number of carboxylic acids is 1. The van der Waals surface area contributed by atoms with Gasteiger partial charge in [0.05, 0.1) is 12.4 Å². The van der Waals surface area contributed by atoms with E-state index >= 15 is 0 Å². The number of nitrogens with two attached hydrogens (primary N) is 1. The van der Waals surface area contributed by atoms with Gasteiger partial charge in [0.2, 0.25) is 17.7 Å². The highest BCUT2D eigenvalue weighted by molar-refractivity contribution is 5.94. The van der Waals surface area contributed by atoms with E-state index in [4.69, 9.17) is 10.8 Å². The molecule has 0 saturated carbocycles. The van der Waals surface area contributed by atoms with Crippen molar-refractivity contribution in [2.45, 2.75) is 78.0 Å². The summed E-state index contributed by atoms with van der Waals surface area (Å²) in [4.78, 5) is 56.3. The molecular formula is C21H36N6O5. The summed E-state index contributed by atoms with van der Waals surface area (Å²) in [5.41, 5.74) is 6.58. The van der Waals surface area contributed by atoms with E-state index in [9.17, 15) is 19.2 Å². The van der Waals surface area contributed by atoms with Crippen LogP contribution in [0.2, 0.25) is 0 Å². The highest BCUT2D eigenvalue weighted by Gasteiger charge is 2.32. The largest absolute Gasteiger partial charge is 0.480 e. The Morgan fingerprint density at radius 2 is 1.72 bits per heavy atom. The number of H-pyrrole nitrogens is 1. The first-order valence-corrected chi connectivity index (χ1v) is 10.8. The fraction of sp³-hybridized carbons (Fsp3) is 0.667. The van der Waals surface area contributed by atoms with Crippen LogP contribution in [0.3, 0.4) is 0 Å². The van der Waals surface area contributed by atoms with Crippen LogP contribution >= 0.6 is 0 Å². The zero-order valence-electron chi connectivity index (χ0n) is 19.3. The second kappa shape index (κ2) is 12.8. The molecule has 7 N–H and O–H groups in total. The lowest BCUT2D eigenvalue weighted by atomic mass is 9.97. The molecule has 1 aromatic rings. The highest BCUT2D eigenvalue weighted by Crippen LogP contribution is 2.10. The van der Waals surface area contributed by atoms with E-state index in [2.05, 4.69) is 25.9 Å². The molecular weight excluding hydrogens is 416 g/mol. The van der Waals surface area contributed by atoms with Crippen molar-refractivity contribution in [3.8, 4) is 0 Å². The summed E-state index contributed by atoms with van der Waals surface area (Å²) in [6.45, 7) is 8.85. The third kappa shape index (κ3) is 8.66. The van der Waals surface area contributed by atoms with Crippen LogP contribution in [0, 0.1) is 11.8 Å². The van der Waals surface area contributed by atoms with E-state index in [0.717, 1.165) is 0 Å². The fourth-order valence-electron chi connectivity index (χ4n) is 3.04. The van der Waals surface area contributed by atoms with E-state index in [1.807, 2.05) is 20.8 Å². The fourth-order valence-corrected chi connectivity index (χ4v) is 3.04. The van der Waals surface area contributed by atoms with Gasteiger partial charge in [0.1, 0.15) is 18.1 Å². The van der Waals surface area contributed by atoms with Crippen molar-refractivity contribution in [3.05, 3.63) is 18.2 Å². The zero-order valence-corrected chi connectivity index (χ0v) is 19.3. The van der Waals surface area contributed by atoms with Crippen molar-refractivity contribution in [2.24, 2.45) is 17.6 Å². The van der Waals surface area contributed by atoms with E-state index in [1.165, 1.54) is 19.4 Å². The Labute approximate surface area is 188 Å². The third-order valence-electron chi connectivity index (χ3n) is 5.20. The van der Waals surface area contributed by atoms with Crippen LogP contribution in [0.25, 0.3) is 0 Å². The number of hydrogen-bond acceptors (Lipinski definition) is 6. The Balaban J connectivity index is 3.02. The molecule has 5 unspecified atom stereocenters. The minimum Gasteiger partial charge on any atom is -0.480 e. The maximum atomic E-state index is 13.1. The normalized spacial score (nSPS) is 15.8. The van der Waals surface area contributed by atoms with Gasteiger partial charge in [-0.1, -0.05) is 34.1 Å². The number of aliphatic carboxylic acids is 1. The Bertz CT molecular complexity index is 767. The number of rotatable bonds is 13. The lowest BCUT2D eigenvalue weighted by Crippen LogP contribution is -2.59. The van der Waals surface area contributed by atoms with E-state index in [0.29, 0.717) is 18.5 Å². The van der Waals surface area contributed by atoms with Crippen LogP contribution in [0.1, 0.15) is 53.2 Å². The Kier molecular flexibility index (Phi) is 10.8. The summed E-state index contributed by atoms with van der Waals surface area (Å²) in [6.07, 6.45) is 4.13. The number of nitrogens with zero attached hydrogens (tertiary/aromatic N) is 1. The summed E-state index contributed by atoms with van der Waals surface area (Å²) in [6, 6.07) is -3.87. The minimum absolute atomic E-state index is 0.117. The molecule has 180 valence electrons. The van der Waals surface area contributed by atoms with Crippen LogP contribution in [-0.2, 0) is 25.6 Å². The van der Waals surface area contributed by atoms with Crippen LogP contribution in [0.5, 0.6) is 0 Å². The van der Waals surface area contributed by atoms with Gasteiger partial charge in [-0.05, 0) is 25.2 Å². The van der Waals surface area contributed by atoms with E-state index in [1.54, 1.807) is 6.92 Å². The molecule has 0 bridgehead atoms. The molecule has 1 rings (SSSR count). The predicted octanol–water partition coefficient (Wildman–Crippen LogP) is -0.0694. The van der Waals surface area contributed by atoms with Gasteiger partial charge < -0.3 is 31.8 Å². The van der Waals surface area contributed by atoms with Gasteiger partial charge in [-0.25, -0.2) is 4.98 Å². The van der Waals surface area contributed by atoms with Crippen LogP contribution in [-0.4, -0.2) is 62.9 Å². The van der Waals surface area contributed by atoms with Crippen LogP contribution < -0.4 is 21.7 Å². The van der Waals surface area contributed by atoms with Crippen molar-refractivity contribution in [3.63, 3.8) is 0 Å². The molecule has 0 fully saturated rings. The number of aromatic amines is 1. The molecule has 5 atom stereocenters. The average molecular weight is 453 g/mol. The maximum Gasteiger partial charge on any atom is 0.325 e. The summed E-state index contributed by atoms with van der Waals surface area (Å²) in [5, 5.41) is 16.8. The molecule has 0 aliphatic rings. The monoisotopic (exact) mass is 452 g/mol. The number of imidazole rings is 1. The molecule has 0 aromatic carbocycles. The molecule has 0 aliphatic carbocycles. The number of carboxylic acid groups (broad SMARTS) is 1. The van der Waals surface area contributed by atoms with Crippen molar-refractivity contribution in [1.82, 2.24) is 25.9 Å². The summed E-state index contributed by atoms with van der Waals surface area (Å²) >= 11 is 0. The Morgan fingerprint density at radius 3 is 2.22 bits per heavy atom. The van der Waals surface area contributed by atoms with Gasteiger partial charge >= 0.3 is 5.97 Å². The molecule has 11 heteroatoms. The second-order valence-electron chi connectivity index (χ2n) is 8.52. The second-order valence-corrected chi connectivity index (χ2v) is 8.52. The van der Waals surface area contributed by atoms with Gasteiger partial charge in [-0.2, -0.15) is 0 Å². The lowest BCUT2D eigenvalue weighted by Gasteiger charge is -2.27. The molecule has 1 heterocycles. The first-order chi connectivity index (χ1) is 15.0. The van der Waals surface area contributed by atoms with Crippen molar-refractivity contribution >= 4 is 23.7 Å². The molecule has 11 nitrogen and oxygen atoms in total. The standard InChI is InChI=1S/C21H36N6O5/c1-6-12(4)17(20(30)25-13(5)21(31)32)27-19(29)16(8-14-9-23-10-24-14)26-18(28)15(22)7-11(2)3/h9-13,15-17H,6-8,22H2,1-5H3,(H,23,24)(H,25,30)(H,26,28)(H,27,29)(H,31,32). The molecule has 3 amide bonds. The molecule has 0 spiro atoms. The summed E-state index contributed by atoms with van der Waals surface area (Å²) in [7, 11) is 0. The molecule has 0 aliphatic heterocycles. The van der Waals surface area contributed by atoms with Gasteiger partial charge in [0.15, 0.2) is 0 Å². The third-order valence-corrected chi connectivity index (χ3v) is 5.20. The highest BCUT2D eigenvalue weighted by atomic mass is 16.4. The van der Waals surface area contributed by atoms with E-state index in [-0.39, 0.29) is 18.3 Å². The van der Waals surface area contributed by atoms with Gasteiger partial charge in [-0.3, -0.25) is 19.2 Å². The van der Waals surface area contributed by atoms with Gasteiger partial charge in [-0.15, -0.1) is 0 Å². The number of carbonyl (C=O) groups excluding carboxylic acids is 3. The van der Waals surface area contributed by atoms with Gasteiger partial charge in [0.25, 0.3) is 0 Å². The van der Waals surface area contributed by atoms with E-state index < -0.39 is 47.9 Å². The number of nitrogens with one attached hydrogen (secondary N) is 4. The average Bonchev–Trinajstić information content (AvgIpc) is 3.22. The molecule has 32 heavy (non-hydrogen) atoms. The van der Waals surface area contributed by atoms with Crippen molar-refractivity contribution in [1.29, 1.82) is 0 Å². The van der Waals surface area contributed by atoms with Crippen LogP contribution in [0.15, 0.2) is 12.5 Å². The quantitative estimate of drug-likeness (QED) is 0.242. The van der Waals surface area contributed by atoms with Crippen LogP contribution in [0.4, 0.5) is 0 Å². The topological polar surface area (TPSA) is 179 Å². The predicted molar refractivity (Wildman–Crippen MR) is 118 cm³/mol. The summed E-state index contributed by atoms with van der Waals surface area (Å²) < 4.78 is 0. The van der Waals surface area contributed by atoms with Crippen molar-refractivity contribution in [2.75, 3.05) is 0 Å². The first kappa shape index (κ1) is 27.1. The number of hydrogen-bond donors (Lipinski definition) is 6. The number of carbonyl (C=O) groups is 4. The smallest absolute Gasteiger partial charge is 0.325 e. The first-order valence-electron chi connectivity index (χ1n) is 10.8. The zero-order chi connectivity index (χ0) is 24.4. The van der Waals surface area contributed by atoms with Gasteiger partial charge in [0, 0.05) is 18.3 Å². The number of amides is 3. The Morgan fingerprint density at radius 1 is 1.06 bits per heavy atom. The molecule has 0 radical (unpaired) electrons.